The molecule has 2 aromatic carbocycles. The van der Waals surface area contributed by atoms with Gasteiger partial charge in [-0.1, -0.05) is 12.1 Å². The molecule has 2 rings (SSSR count). The van der Waals surface area contributed by atoms with Crippen molar-refractivity contribution in [3.8, 4) is 6.07 Å². The molecule has 0 aromatic heterocycles. The lowest BCUT2D eigenvalue weighted by molar-refractivity contribution is 0.622. The third kappa shape index (κ3) is 2.79. The molecule has 0 heterocycles. The molecular formula is C16H16FN3. The van der Waals surface area contributed by atoms with Gasteiger partial charge in [-0.25, -0.2) is 4.39 Å². The minimum Gasteiger partial charge on any atom is -0.342 e. The van der Waals surface area contributed by atoms with Crippen molar-refractivity contribution in [2.75, 3.05) is 11.9 Å². The maximum absolute atomic E-state index is 14.2. The Labute approximate surface area is 118 Å². The molecular weight excluding hydrogens is 253 g/mol. The highest BCUT2D eigenvalue weighted by molar-refractivity contribution is 5.64. The Morgan fingerprint density at radius 1 is 1.25 bits per heavy atom. The average molecular weight is 269 g/mol. The van der Waals surface area contributed by atoms with Gasteiger partial charge in [-0.2, -0.15) is 5.26 Å². The molecule has 3 nitrogen and oxygen atoms in total. The van der Waals surface area contributed by atoms with E-state index in [0.29, 0.717) is 11.3 Å². The van der Waals surface area contributed by atoms with Gasteiger partial charge in [0.05, 0.1) is 17.3 Å². The van der Waals surface area contributed by atoms with E-state index in [1.54, 1.807) is 36.2 Å². The summed E-state index contributed by atoms with van der Waals surface area (Å²) >= 11 is 0. The Balaban J connectivity index is 2.38. The first-order valence-corrected chi connectivity index (χ1v) is 6.32. The van der Waals surface area contributed by atoms with Crippen LogP contribution >= 0.6 is 0 Å². The number of anilines is 2. The summed E-state index contributed by atoms with van der Waals surface area (Å²) in [4.78, 5) is 1.71. The minimum absolute atomic E-state index is 0.203. The molecule has 0 spiro atoms. The quantitative estimate of drug-likeness (QED) is 0.928. The largest absolute Gasteiger partial charge is 0.342 e. The van der Waals surface area contributed by atoms with Crippen molar-refractivity contribution < 1.29 is 4.39 Å². The zero-order valence-corrected chi connectivity index (χ0v) is 11.5. The van der Waals surface area contributed by atoms with Gasteiger partial charge in [-0.15, -0.1) is 0 Å². The molecule has 0 aliphatic carbocycles. The monoisotopic (exact) mass is 269 g/mol. The summed E-state index contributed by atoms with van der Waals surface area (Å²) in [5.41, 5.74) is 8.25. The lowest BCUT2D eigenvalue weighted by Crippen LogP contribution is -2.12. The van der Waals surface area contributed by atoms with Gasteiger partial charge in [-0.05, 0) is 42.8 Å². The minimum atomic E-state index is -0.329. The molecule has 4 heteroatoms. The maximum atomic E-state index is 14.2. The summed E-state index contributed by atoms with van der Waals surface area (Å²) < 4.78 is 14.2. The lowest BCUT2D eigenvalue weighted by Gasteiger charge is -2.21. The van der Waals surface area contributed by atoms with Crippen LogP contribution in [-0.4, -0.2) is 7.05 Å². The van der Waals surface area contributed by atoms with Gasteiger partial charge in [0.1, 0.15) is 5.82 Å². The number of benzene rings is 2. The summed E-state index contributed by atoms with van der Waals surface area (Å²) in [6, 6.07) is 13.9. The van der Waals surface area contributed by atoms with Crippen LogP contribution in [0.25, 0.3) is 0 Å². The summed E-state index contributed by atoms with van der Waals surface area (Å²) in [6.07, 6.45) is 0. The molecule has 2 N–H and O–H groups in total. The number of nitriles is 1. The van der Waals surface area contributed by atoms with E-state index in [9.17, 15) is 4.39 Å². The zero-order valence-electron chi connectivity index (χ0n) is 11.5. The van der Waals surface area contributed by atoms with E-state index in [4.69, 9.17) is 11.0 Å². The predicted octanol–water partition coefficient (Wildman–Crippen LogP) is 3.48. The van der Waals surface area contributed by atoms with E-state index in [1.807, 2.05) is 19.1 Å². The molecule has 102 valence electrons. The first-order valence-electron chi connectivity index (χ1n) is 6.32. The SMILES string of the molecule is C[C@H](N)c1ccc(N(C)c2cccc(C#N)c2)c(F)c1. The van der Waals surface area contributed by atoms with Crippen LogP contribution in [0.15, 0.2) is 42.5 Å². The molecule has 0 fully saturated rings. The number of hydrogen-bond donors (Lipinski definition) is 1. The summed E-state index contributed by atoms with van der Waals surface area (Å²) in [7, 11) is 1.76. The number of rotatable bonds is 3. The second-order valence-corrected chi connectivity index (χ2v) is 4.72. The molecule has 2 aromatic rings. The molecule has 0 unspecified atom stereocenters. The molecule has 0 aliphatic rings. The van der Waals surface area contributed by atoms with Crippen LogP contribution in [0.4, 0.5) is 15.8 Å². The average Bonchev–Trinajstić information content (AvgIpc) is 2.46. The van der Waals surface area contributed by atoms with Gasteiger partial charge in [0, 0.05) is 18.8 Å². The van der Waals surface area contributed by atoms with E-state index >= 15 is 0 Å². The Morgan fingerprint density at radius 2 is 2.00 bits per heavy atom. The second-order valence-electron chi connectivity index (χ2n) is 4.72. The Morgan fingerprint density at radius 3 is 2.60 bits per heavy atom. The first kappa shape index (κ1) is 14.0. The molecule has 0 saturated carbocycles. The van der Waals surface area contributed by atoms with Crippen LogP contribution in [0.5, 0.6) is 0 Å². The van der Waals surface area contributed by atoms with Gasteiger partial charge < -0.3 is 10.6 Å². The van der Waals surface area contributed by atoms with E-state index < -0.39 is 0 Å². The van der Waals surface area contributed by atoms with Crippen molar-refractivity contribution in [3.63, 3.8) is 0 Å². The van der Waals surface area contributed by atoms with Crippen LogP contribution in [0, 0.1) is 17.1 Å². The van der Waals surface area contributed by atoms with Crippen LogP contribution in [-0.2, 0) is 0 Å². The van der Waals surface area contributed by atoms with E-state index in [2.05, 4.69) is 6.07 Å². The number of nitrogens with zero attached hydrogens (tertiary/aromatic N) is 2. The summed E-state index contributed by atoms with van der Waals surface area (Å²) in [5.74, 6) is -0.329. The van der Waals surface area contributed by atoms with Crippen molar-refractivity contribution in [3.05, 3.63) is 59.4 Å². The maximum Gasteiger partial charge on any atom is 0.147 e. The predicted molar refractivity (Wildman–Crippen MR) is 78.2 cm³/mol. The van der Waals surface area contributed by atoms with Crippen molar-refractivity contribution in [2.45, 2.75) is 13.0 Å². The van der Waals surface area contributed by atoms with Gasteiger partial charge in [0.2, 0.25) is 0 Å². The van der Waals surface area contributed by atoms with E-state index in [-0.39, 0.29) is 11.9 Å². The molecule has 0 bridgehead atoms. The van der Waals surface area contributed by atoms with E-state index in [1.165, 1.54) is 6.07 Å². The normalized spacial score (nSPS) is 11.8. The molecule has 0 radical (unpaired) electrons. The van der Waals surface area contributed by atoms with Crippen LogP contribution in [0.1, 0.15) is 24.1 Å². The van der Waals surface area contributed by atoms with Crippen molar-refractivity contribution in [2.24, 2.45) is 5.73 Å². The number of nitrogens with two attached hydrogens (primary N) is 1. The fraction of sp³-hybridized carbons (Fsp3) is 0.188. The van der Waals surface area contributed by atoms with Gasteiger partial charge >= 0.3 is 0 Å². The third-order valence-corrected chi connectivity index (χ3v) is 3.22. The number of hydrogen-bond acceptors (Lipinski definition) is 3. The van der Waals surface area contributed by atoms with Crippen LogP contribution < -0.4 is 10.6 Å². The first-order chi connectivity index (χ1) is 9.52. The lowest BCUT2D eigenvalue weighted by atomic mass is 10.1. The molecule has 0 aliphatic heterocycles. The molecule has 0 amide bonds. The third-order valence-electron chi connectivity index (χ3n) is 3.22. The Bertz CT molecular complexity index is 659. The van der Waals surface area contributed by atoms with Crippen molar-refractivity contribution >= 4 is 11.4 Å². The molecule has 20 heavy (non-hydrogen) atoms. The van der Waals surface area contributed by atoms with E-state index in [0.717, 1.165) is 11.3 Å². The standard InChI is InChI=1S/C16H16FN3/c1-11(19)13-6-7-16(15(17)9-13)20(2)14-5-3-4-12(8-14)10-18/h3-9,11H,19H2,1-2H3/t11-/m0/s1. The fourth-order valence-electron chi connectivity index (χ4n) is 2.00. The van der Waals surface area contributed by atoms with Crippen LogP contribution in [0.2, 0.25) is 0 Å². The molecule has 0 saturated heterocycles. The highest BCUT2D eigenvalue weighted by Gasteiger charge is 2.11. The number of halogens is 1. The topological polar surface area (TPSA) is 53.0 Å². The van der Waals surface area contributed by atoms with Crippen molar-refractivity contribution in [1.82, 2.24) is 0 Å². The van der Waals surface area contributed by atoms with Gasteiger partial charge in [0.25, 0.3) is 0 Å². The summed E-state index contributed by atoms with van der Waals surface area (Å²) in [6.45, 7) is 1.81. The van der Waals surface area contributed by atoms with Gasteiger partial charge in [-0.3, -0.25) is 0 Å². The Hall–Kier alpha value is -2.38. The van der Waals surface area contributed by atoms with Crippen LogP contribution in [0.3, 0.4) is 0 Å². The second kappa shape index (κ2) is 5.72. The zero-order chi connectivity index (χ0) is 14.7. The highest BCUT2D eigenvalue weighted by Crippen LogP contribution is 2.28. The Kier molecular flexibility index (Phi) is 4.02. The highest BCUT2D eigenvalue weighted by atomic mass is 19.1. The van der Waals surface area contributed by atoms with Gasteiger partial charge in [0.15, 0.2) is 0 Å². The fourth-order valence-corrected chi connectivity index (χ4v) is 2.00. The smallest absolute Gasteiger partial charge is 0.147 e. The summed E-state index contributed by atoms with van der Waals surface area (Å²) in [5, 5.41) is 8.91. The van der Waals surface area contributed by atoms with Crippen molar-refractivity contribution in [1.29, 1.82) is 5.26 Å². The molecule has 1 atom stereocenters.